The van der Waals surface area contributed by atoms with Gasteiger partial charge in [-0.1, -0.05) is 18.2 Å². The van der Waals surface area contributed by atoms with Crippen molar-refractivity contribution in [2.75, 3.05) is 5.32 Å². The van der Waals surface area contributed by atoms with Gasteiger partial charge in [-0.15, -0.1) is 0 Å². The number of nitrogens with zero attached hydrogens (tertiary/aromatic N) is 1. The number of fused-ring (bicyclic) bond motifs is 1. The van der Waals surface area contributed by atoms with Crippen molar-refractivity contribution in [2.24, 2.45) is 0 Å². The van der Waals surface area contributed by atoms with Crippen LogP contribution in [0.1, 0.15) is 18.5 Å². The third-order valence-corrected chi connectivity index (χ3v) is 3.31. The van der Waals surface area contributed by atoms with E-state index in [1.807, 2.05) is 25.1 Å². The number of anilines is 1. The van der Waals surface area contributed by atoms with Crippen molar-refractivity contribution in [2.45, 2.75) is 13.0 Å². The first-order chi connectivity index (χ1) is 9.65. The van der Waals surface area contributed by atoms with Gasteiger partial charge >= 0.3 is 0 Å². The third kappa shape index (κ3) is 2.18. The molecule has 0 aliphatic carbocycles. The first-order valence-electron chi connectivity index (χ1n) is 6.32. The van der Waals surface area contributed by atoms with Gasteiger partial charge < -0.3 is 10.4 Å². The van der Waals surface area contributed by atoms with E-state index in [-0.39, 0.29) is 11.8 Å². The Kier molecular flexibility index (Phi) is 3.02. The van der Waals surface area contributed by atoms with Crippen molar-refractivity contribution >= 4 is 16.6 Å². The van der Waals surface area contributed by atoms with Crippen LogP contribution in [0.25, 0.3) is 10.9 Å². The van der Waals surface area contributed by atoms with E-state index in [9.17, 15) is 9.50 Å². The number of aromatic hydroxyl groups is 1. The van der Waals surface area contributed by atoms with Crippen molar-refractivity contribution in [3.63, 3.8) is 0 Å². The zero-order chi connectivity index (χ0) is 14.1. The molecule has 3 N–H and O–H groups in total. The van der Waals surface area contributed by atoms with E-state index in [1.54, 1.807) is 12.3 Å². The lowest BCUT2D eigenvalue weighted by atomic mass is 10.1. The molecule has 0 saturated heterocycles. The van der Waals surface area contributed by atoms with Gasteiger partial charge in [-0.2, -0.15) is 5.10 Å². The quantitative estimate of drug-likeness (QED) is 0.682. The van der Waals surface area contributed by atoms with Gasteiger partial charge in [-0.05, 0) is 19.1 Å². The lowest BCUT2D eigenvalue weighted by Gasteiger charge is -2.17. The van der Waals surface area contributed by atoms with Gasteiger partial charge in [-0.25, -0.2) is 4.39 Å². The molecule has 20 heavy (non-hydrogen) atoms. The molecule has 3 aromatic rings. The molecule has 0 bridgehead atoms. The zero-order valence-corrected chi connectivity index (χ0v) is 10.9. The number of hydrogen-bond acceptors (Lipinski definition) is 3. The minimum atomic E-state index is -0.450. The second-order valence-corrected chi connectivity index (χ2v) is 4.71. The average molecular weight is 271 g/mol. The molecular formula is C15H14FN3O. The summed E-state index contributed by atoms with van der Waals surface area (Å²) in [5.41, 5.74) is 2.43. The molecule has 0 spiro atoms. The largest absolute Gasteiger partial charge is 0.507 e. The van der Waals surface area contributed by atoms with Crippen LogP contribution in [-0.4, -0.2) is 15.3 Å². The van der Waals surface area contributed by atoms with Crippen molar-refractivity contribution in [3.05, 3.63) is 54.0 Å². The molecule has 1 unspecified atom stereocenters. The number of rotatable bonds is 3. The second-order valence-electron chi connectivity index (χ2n) is 4.71. The molecule has 2 aromatic carbocycles. The SMILES string of the molecule is CC(Nc1cccc2cn[nH]c12)c1ccc(F)cc1O. The van der Waals surface area contributed by atoms with Gasteiger partial charge in [0.05, 0.1) is 23.4 Å². The number of hydrogen-bond donors (Lipinski definition) is 3. The molecule has 5 heteroatoms. The molecule has 4 nitrogen and oxygen atoms in total. The van der Waals surface area contributed by atoms with E-state index in [2.05, 4.69) is 15.5 Å². The molecule has 0 fully saturated rings. The van der Waals surface area contributed by atoms with Gasteiger partial charge in [0.25, 0.3) is 0 Å². The Bertz CT molecular complexity index is 754. The summed E-state index contributed by atoms with van der Waals surface area (Å²) in [6, 6.07) is 9.69. The number of aromatic nitrogens is 2. The van der Waals surface area contributed by atoms with E-state index < -0.39 is 5.82 Å². The van der Waals surface area contributed by atoms with E-state index in [0.717, 1.165) is 22.7 Å². The molecule has 3 rings (SSSR count). The Labute approximate surface area is 115 Å². The first-order valence-corrected chi connectivity index (χ1v) is 6.32. The van der Waals surface area contributed by atoms with Crippen LogP contribution in [0.2, 0.25) is 0 Å². The number of aromatic amines is 1. The van der Waals surface area contributed by atoms with Gasteiger partial charge in [0.2, 0.25) is 0 Å². The molecule has 1 aromatic heterocycles. The molecule has 1 heterocycles. The predicted octanol–water partition coefficient (Wildman–Crippen LogP) is 3.58. The van der Waals surface area contributed by atoms with E-state index >= 15 is 0 Å². The fraction of sp³-hybridized carbons (Fsp3) is 0.133. The summed E-state index contributed by atoms with van der Waals surface area (Å²) in [4.78, 5) is 0. The van der Waals surface area contributed by atoms with E-state index in [1.165, 1.54) is 6.07 Å². The summed E-state index contributed by atoms with van der Waals surface area (Å²) in [6.45, 7) is 1.90. The fourth-order valence-electron chi connectivity index (χ4n) is 2.28. The third-order valence-electron chi connectivity index (χ3n) is 3.31. The molecule has 0 aliphatic heterocycles. The van der Waals surface area contributed by atoms with Gasteiger partial charge in [0.15, 0.2) is 0 Å². The fourth-order valence-corrected chi connectivity index (χ4v) is 2.28. The van der Waals surface area contributed by atoms with Crippen LogP contribution in [0.15, 0.2) is 42.6 Å². The maximum Gasteiger partial charge on any atom is 0.126 e. The first kappa shape index (κ1) is 12.5. The summed E-state index contributed by atoms with van der Waals surface area (Å²) in [5, 5.41) is 21.1. The smallest absolute Gasteiger partial charge is 0.126 e. The number of benzene rings is 2. The minimum Gasteiger partial charge on any atom is -0.507 e. The van der Waals surface area contributed by atoms with Crippen LogP contribution >= 0.6 is 0 Å². The van der Waals surface area contributed by atoms with E-state index in [4.69, 9.17) is 0 Å². The molecule has 0 saturated carbocycles. The Morgan fingerprint density at radius 2 is 2.15 bits per heavy atom. The van der Waals surface area contributed by atoms with Crippen molar-refractivity contribution in [1.82, 2.24) is 10.2 Å². The van der Waals surface area contributed by atoms with Crippen LogP contribution in [0.5, 0.6) is 5.75 Å². The monoisotopic (exact) mass is 271 g/mol. The number of phenolic OH excluding ortho intramolecular Hbond substituents is 1. The molecule has 1 atom stereocenters. The second kappa shape index (κ2) is 4.85. The Hall–Kier alpha value is -2.56. The van der Waals surface area contributed by atoms with Gasteiger partial charge in [0, 0.05) is 17.0 Å². The summed E-state index contributed by atoms with van der Waals surface area (Å²) in [5.74, 6) is -0.504. The highest BCUT2D eigenvalue weighted by atomic mass is 19.1. The Balaban J connectivity index is 1.92. The van der Waals surface area contributed by atoms with E-state index in [0.29, 0.717) is 5.56 Å². The van der Waals surface area contributed by atoms with Gasteiger partial charge in [0.1, 0.15) is 11.6 Å². The predicted molar refractivity (Wildman–Crippen MR) is 76.2 cm³/mol. The summed E-state index contributed by atoms with van der Waals surface area (Å²) < 4.78 is 13.0. The average Bonchev–Trinajstić information content (AvgIpc) is 2.87. The highest BCUT2D eigenvalue weighted by Gasteiger charge is 2.12. The lowest BCUT2D eigenvalue weighted by molar-refractivity contribution is 0.459. The number of para-hydroxylation sites is 1. The topological polar surface area (TPSA) is 60.9 Å². The maximum absolute atomic E-state index is 13.0. The van der Waals surface area contributed by atoms with Gasteiger partial charge in [-0.3, -0.25) is 5.10 Å². The number of H-pyrrole nitrogens is 1. The van der Waals surface area contributed by atoms with Crippen molar-refractivity contribution < 1.29 is 9.50 Å². The molecule has 0 aliphatic rings. The standard InChI is InChI=1S/C15H14FN3O/c1-9(12-6-5-11(16)7-14(12)20)18-13-4-2-3-10-8-17-19-15(10)13/h2-9,18,20H,1H3,(H,17,19). The minimum absolute atomic E-state index is 0.0539. The Morgan fingerprint density at radius 1 is 1.30 bits per heavy atom. The van der Waals surface area contributed by atoms with Crippen LogP contribution < -0.4 is 5.32 Å². The number of halogens is 1. The van der Waals surface area contributed by atoms with Crippen LogP contribution in [0, 0.1) is 5.82 Å². The van der Waals surface area contributed by atoms with Crippen LogP contribution in [-0.2, 0) is 0 Å². The van der Waals surface area contributed by atoms with Crippen LogP contribution in [0.4, 0.5) is 10.1 Å². The zero-order valence-electron chi connectivity index (χ0n) is 10.9. The summed E-state index contributed by atoms with van der Waals surface area (Å²) in [6.07, 6.45) is 1.75. The Morgan fingerprint density at radius 3 is 2.95 bits per heavy atom. The van der Waals surface area contributed by atoms with Crippen molar-refractivity contribution in [1.29, 1.82) is 0 Å². The summed E-state index contributed by atoms with van der Waals surface area (Å²) >= 11 is 0. The molecular weight excluding hydrogens is 257 g/mol. The maximum atomic E-state index is 13.0. The molecule has 102 valence electrons. The number of phenols is 1. The highest BCUT2D eigenvalue weighted by Crippen LogP contribution is 2.29. The molecule has 0 radical (unpaired) electrons. The summed E-state index contributed by atoms with van der Waals surface area (Å²) in [7, 11) is 0. The number of nitrogens with one attached hydrogen (secondary N) is 2. The van der Waals surface area contributed by atoms with Crippen molar-refractivity contribution in [3.8, 4) is 5.75 Å². The lowest BCUT2D eigenvalue weighted by Crippen LogP contribution is -2.07. The normalized spacial score (nSPS) is 12.5. The van der Waals surface area contributed by atoms with Crippen LogP contribution in [0.3, 0.4) is 0 Å². The highest BCUT2D eigenvalue weighted by molar-refractivity contribution is 5.90. The molecule has 0 amide bonds.